The summed E-state index contributed by atoms with van der Waals surface area (Å²) in [5, 5.41) is 0. The second-order valence-electron chi connectivity index (χ2n) is 3.64. The van der Waals surface area contributed by atoms with E-state index in [1.165, 1.54) is 25.2 Å². The first-order valence-electron chi connectivity index (χ1n) is 5.21. The average molecular weight is 202 g/mol. The summed E-state index contributed by atoms with van der Waals surface area (Å²) >= 11 is 0. The molecule has 0 saturated heterocycles. The van der Waals surface area contributed by atoms with Crippen molar-refractivity contribution in [3.63, 3.8) is 0 Å². The molecule has 0 aromatic carbocycles. The Morgan fingerprint density at radius 3 is 1.92 bits per heavy atom. The Hall–Kier alpha value is -0.313. The molecule has 0 aromatic rings. The van der Waals surface area contributed by atoms with Crippen molar-refractivity contribution >= 4 is 14.0 Å². The minimum Gasteiger partial charge on any atom is -0.469 e. The number of carbonyl (C=O) groups is 1. The zero-order chi connectivity index (χ0) is 10.3. The van der Waals surface area contributed by atoms with Crippen LogP contribution in [0.25, 0.3) is 0 Å². The first kappa shape index (κ1) is 12.7. The summed E-state index contributed by atoms with van der Waals surface area (Å²) in [7, 11) is 0.370. The Bertz CT molecular complexity index is 145. The second kappa shape index (κ2) is 6.19. The third kappa shape index (κ3) is 3.94. The third-order valence-electron chi connectivity index (χ3n) is 3.34. The minimum atomic E-state index is -1.10. The van der Waals surface area contributed by atoms with Crippen LogP contribution in [0.2, 0.25) is 24.2 Å². The molecule has 13 heavy (non-hydrogen) atoms. The van der Waals surface area contributed by atoms with Crippen molar-refractivity contribution in [2.75, 3.05) is 7.11 Å². The van der Waals surface area contributed by atoms with E-state index in [0.29, 0.717) is 6.42 Å². The monoisotopic (exact) mass is 202 g/mol. The zero-order valence-electron chi connectivity index (χ0n) is 9.35. The van der Waals surface area contributed by atoms with Gasteiger partial charge < -0.3 is 4.74 Å². The van der Waals surface area contributed by atoms with Crippen molar-refractivity contribution in [3.05, 3.63) is 0 Å². The molecule has 0 N–H and O–H groups in total. The predicted octanol–water partition coefficient (Wildman–Crippen LogP) is 3.06. The Balaban J connectivity index is 4.02. The highest BCUT2D eigenvalue weighted by Gasteiger charge is 2.26. The lowest BCUT2D eigenvalue weighted by molar-refractivity contribution is -0.140. The molecule has 0 fully saturated rings. The summed E-state index contributed by atoms with van der Waals surface area (Å²) in [5.41, 5.74) is 0. The molecule has 2 nitrogen and oxygen atoms in total. The van der Waals surface area contributed by atoms with Gasteiger partial charge in [-0.05, 0) is 6.04 Å². The van der Waals surface area contributed by atoms with Gasteiger partial charge >= 0.3 is 5.97 Å². The van der Waals surface area contributed by atoms with Gasteiger partial charge in [0.25, 0.3) is 0 Å². The van der Waals surface area contributed by atoms with Crippen LogP contribution in [0.5, 0.6) is 0 Å². The highest BCUT2D eigenvalue weighted by Crippen LogP contribution is 2.26. The van der Waals surface area contributed by atoms with E-state index in [1.54, 1.807) is 0 Å². The summed E-state index contributed by atoms with van der Waals surface area (Å²) in [4.78, 5) is 11.0. The fourth-order valence-corrected chi connectivity index (χ4v) is 5.04. The molecule has 0 aromatic heterocycles. The molecule has 0 heterocycles. The average Bonchev–Trinajstić information content (AvgIpc) is 2.20. The van der Waals surface area contributed by atoms with Crippen LogP contribution in [-0.4, -0.2) is 21.2 Å². The van der Waals surface area contributed by atoms with Crippen LogP contribution in [0.4, 0.5) is 0 Å². The fraction of sp³-hybridized carbons (Fsp3) is 0.900. The van der Waals surface area contributed by atoms with Gasteiger partial charge in [0.2, 0.25) is 0 Å². The van der Waals surface area contributed by atoms with Gasteiger partial charge in [-0.3, -0.25) is 4.79 Å². The minimum absolute atomic E-state index is 0.0489. The van der Waals surface area contributed by atoms with Crippen molar-refractivity contribution in [1.82, 2.24) is 0 Å². The molecule has 0 saturated carbocycles. The molecular weight excluding hydrogens is 180 g/mol. The maximum atomic E-state index is 11.0. The van der Waals surface area contributed by atoms with E-state index in [4.69, 9.17) is 0 Å². The molecule has 0 atom stereocenters. The number of esters is 1. The van der Waals surface area contributed by atoms with Crippen LogP contribution in [0, 0.1) is 0 Å². The van der Waals surface area contributed by atoms with Crippen LogP contribution in [-0.2, 0) is 9.53 Å². The van der Waals surface area contributed by atoms with E-state index in [9.17, 15) is 4.79 Å². The van der Waals surface area contributed by atoms with Crippen LogP contribution in [0.15, 0.2) is 0 Å². The van der Waals surface area contributed by atoms with Crippen LogP contribution < -0.4 is 0 Å². The molecule has 3 heteroatoms. The molecule has 0 bridgehead atoms. The number of rotatable bonds is 6. The maximum absolute atomic E-state index is 11.0. The molecule has 0 amide bonds. The predicted molar refractivity (Wildman–Crippen MR) is 58.6 cm³/mol. The molecule has 78 valence electrons. The number of methoxy groups -OCH3 is 1. The van der Waals surface area contributed by atoms with Crippen molar-refractivity contribution in [2.45, 2.75) is 51.4 Å². The van der Waals surface area contributed by atoms with Gasteiger partial charge in [0.15, 0.2) is 0 Å². The molecule has 0 unspecified atom stereocenters. The van der Waals surface area contributed by atoms with Gasteiger partial charge in [-0.25, -0.2) is 0 Å². The quantitative estimate of drug-likeness (QED) is 0.489. The van der Waals surface area contributed by atoms with E-state index in [0.717, 1.165) is 6.04 Å². The van der Waals surface area contributed by atoms with Crippen molar-refractivity contribution in [1.29, 1.82) is 0 Å². The summed E-state index contributed by atoms with van der Waals surface area (Å²) in [6.07, 6.45) is 0.623. The van der Waals surface area contributed by atoms with Crippen molar-refractivity contribution < 1.29 is 9.53 Å². The SMILES string of the molecule is CC[Si](CC)(CC)CCC(=O)OC. The molecule has 0 rings (SSSR count). The topological polar surface area (TPSA) is 26.3 Å². The smallest absolute Gasteiger partial charge is 0.305 e. The zero-order valence-corrected chi connectivity index (χ0v) is 10.4. The van der Waals surface area contributed by atoms with E-state index >= 15 is 0 Å². The van der Waals surface area contributed by atoms with Crippen LogP contribution in [0.1, 0.15) is 27.2 Å². The molecule has 0 aliphatic heterocycles. The summed E-state index contributed by atoms with van der Waals surface area (Å²) in [6, 6.07) is 4.97. The van der Waals surface area contributed by atoms with Crippen molar-refractivity contribution in [2.24, 2.45) is 0 Å². The highest BCUT2D eigenvalue weighted by atomic mass is 28.3. The highest BCUT2D eigenvalue weighted by molar-refractivity contribution is 6.79. The lowest BCUT2D eigenvalue weighted by atomic mass is 10.5. The lowest BCUT2D eigenvalue weighted by Crippen LogP contribution is -2.31. The molecule has 0 aliphatic carbocycles. The number of ether oxygens (including phenoxy) is 1. The fourth-order valence-electron chi connectivity index (χ4n) is 1.75. The largest absolute Gasteiger partial charge is 0.469 e. The molecule has 0 radical (unpaired) electrons. The van der Waals surface area contributed by atoms with E-state index in [2.05, 4.69) is 25.5 Å². The van der Waals surface area contributed by atoms with E-state index in [-0.39, 0.29) is 5.97 Å². The Morgan fingerprint density at radius 2 is 1.62 bits per heavy atom. The lowest BCUT2D eigenvalue weighted by Gasteiger charge is -2.27. The van der Waals surface area contributed by atoms with E-state index in [1.807, 2.05) is 0 Å². The molecule has 0 aliphatic rings. The van der Waals surface area contributed by atoms with Crippen LogP contribution >= 0.6 is 0 Å². The number of carbonyl (C=O) groups excluding carboxylic acids is 1. The van der Waals surface area contributed by atoms with Gasteiger partial charge in [0, 0.05) is 6.42 Å². The normalized spacial score (nSPS) is 11.4. The Morgan fingerprint density at radius 1 is 1.15 bits per heavy atom. The summed E-state index contributed by atoms with van der Waals surface area (Å²) < 4.78 is 4.66. The van der Waals surface area contributed by atoms with Crippen molar-refractivity contribution in [3.8, 4) is 0 Å². The third-order valence-corrected chi connectivity index (χ3v) is 9.15. The van der Waals surface area contributed by atoms with Gasteiger partial charge in [-0.15, -0.1) is 0 Å². The maximum Gasteiger partial charge on any atom is 0.305 e. The van der Waals surface area contributed by atoms with Gasteiger partial charge in [0.05, 0.1) is 15.2 Å². The van der Waals surface area contributed by atoms with Gasteiger partial charge in [-0.1, -0.05) is 38.9 Å². The second-order valence-corrected chi connectivity index (χ2v) is 9.26. The summed E-state index contributed by atoms with van der Waals surface area (Å²) in [6.45, 7) is 6.78. The van der Waals surface area contributed by atoms with E-state index < -0.39 is 8.07 Å². The molecule has 0 spiro atoms. The van der Waals surface area contributed by atoms with Crippen LogP contribution in [0.3, 0.4) is 0 Å². The Labute approximate surface area is 82.7 Å². The van der Waals surface area contributed by atoms with Gasteiger partial charge in [-0.2, -0.15) is 0 Å². The van der Waals surface area contributed by atoms with Gasteiger partial charge in [0.1, 0.15) is 0 Å². The molecular formula is C10H22O2Si. The standard InChI is InChI=1S/C10H22O2Si/c1-5-13(6-2,7-3)9-8-10(11)12-4/h5-9H2,1-4H3. The first-order chi connectivity index (χ1) is 6.14. The first-order valence-corrected chi connectivity index (χ1v) is 8.03. The summed E-state index contributed by atoms with van der Waals surface area (Å²) in [5.74, 6) is -0.0489. The number of hydrogen-bond acceptors (Lipinski definition) is 2. The Kier molecular flexibility index (Phi) is 6.04. The number of hydrogen-bond donors (Lipinski definition) is 0.